The summed E-state index contributed by atoms with van der Waals surface area (Å²) in [4.78, 5) is 15.3. The third-order valence-corrected chi connectivity index (χ3v) is 3.54. The number of nitrogens with zero attached hydrogens (tertiary/aromatic N) is 3. The molecule has 0 saturated carbocycles. The van der Waals surface area contributed by atoms with Crippen LogP contribution in [-0.2, 0) is 6.42 Å². The number of aromatic carboxylic acids is 1. The second-order valence-electron chi connectivity index (χ2n) is 5.03. The first-order chi connectivity index (χ1) is 10.6. The van der Waals surface area contributed by atoms with Crippen LogP contribution in [0.3, 0.4) is 0 Å². The fourth-order valence-corrected chi connectivity index (χ4v) is 2.36. The summed E-state index contributed by atoms with van der Waals surface area (Å²) in [7, 11) is 0. The van der Waals surface area contributed by atoms with Gasteiger partial charge in [0.25, 0.3) is 0 Å². The molecule has 0 saturated heterocycles. The number of carbonyl (C=O) groups is 1. The molecule has 3 aromatic rings. The van der Waals surface area contributed by atoms with E-state index in [-0.39, 0.29) is 5.56 Å². The van der Waals surface area contributed by atoms with Crippen LogP contribution in [0.1, 0.15) is 27.2 Å². The number of hydrogen-bond acceptors (Lipinski definition) is 3. The Bertz CT molecular complexity index is 810. The first-order valence-electron chi connectivity index (χ1n) is 6.92. The molecule has 0 atom stereocenters. The maximum absolute atomic E-state index is 11.3. The minimum absolute atomic E-state index is 0.280. The van der Waals surface area contributed by atoms with Gasteiger partial charge in [-0.3, -0.25) is 4.98 Å². The van der Waals surface area contributed by atoms with Gasteiger partial charge >= 0.3 is 5.97 Å². The Labute approximate surface area is 127 Å². The molecular formula is C17H15N3O2. The van der Waals surface area contributed by atoms with E-state index in [1.807, 2.05) is 48.1 Å². The molecule has 0 amide bonds. The predicted molar refractivity (Wildman–Crippen MR) is 82.3 cm³/mol. The first kappa shape index (κ1) is 14.0. The number of carboxylic acids is 1. The van der Waals surface area contributed by atoms with E-state index in [1.165, 1.54) is 12.3 Å². The van der Waals surface area contributed by atoms with Gasteiger partial charge in [0.1, 0.15) is 0 Å². The first-order valence-corrected chi connectivity index (χ1v) is 6.92. The van der Waals surface area contributed by atoms with Gasteiger partial charge in [0.05, 0.1) is 16.9 Å². The lowest BCUT2D eigenvalue weighted by Crippen LogP contribution is -2.03. The van der Waals surface area contributed by atoms with Crippen molar-refractivity contribution in [3.8, 4) is 5.69 Å². The van der Waals surface area contributed by atoms with E-state index >= 15 is 0 Å². The molecule has 3 rings (SSSR count). The van der Waals surface area contributed by atoms with Crippen molar-refractivity contribution >= 4 is 5.97 Å². The molecule has 0 bridgehead atoms. The molecule has 0 radical (unpaired) electrons. The van der Waals surface area contributed by atoms with Crippen molar-refractivity contribution in [3.63, 3.8) is 0 Å². The number of hydrogen-bond donors (Lipinski definition) is 1. The molecule has 2 heterocycles. The molecule has 0 aliphatic carbocycles. The molecule has 0 aliphatic heterocycles. The summed E-state index contributed by atoms with van der Waals surface area (Å²) >= 11 is 0. The summed E-state index contributed by atoms with van der Waals surface area (Å²) < 4.78 is 1.81. The molecular weight excluding hydrogens is 278 g/mol. The van der Waals surface area contributed by atoms with Crippen LogP contribution >= 0.6 is 0 Å². The summed E-state index contributed by atoms with van der Waals surface area (Å²) in [5, 5.41) is 13.7. The normalized spacial score (nSPS) is 10.6. The Kier molecular flexibility index (Phi) is 3.70. The minimum Gasteiger partial charge on any atom is -0.478 e. The van der Waals surface area contributed by atoms with Gasteiger partial charge in [0.2, 0.25) is 0 Å². The number of para-hydroxylation sites is 1. The zero-order chi connectivity index (χ0) is 15.5. The van der Waals surface area contributed by atoms with Crippen LogP contribution in [0.5, 0.6) is 0 Å². The molecule has 1 N–H and O–H groups in total. The lowest BCUT2D eigenvalue weighted by atomic mass is 10.0. The fourth-order valence-electron chi connectivity index (χ4n) is 2.36. The van der Waals surface area contributed by atoms with Gasteiger partial charge in [-0.1, -0.05) is 18.2 Å². The molecule has 5 heteroatoms. The van der Waals surface area contributed by atoms with Gasteiger partial charge in [0, 0.05) is 25.0 Å². The Morgan fingerprint density at radius 1 is 1.18 bits per heavy atom. The maximum atomic E-state index is 11.3. The highest BCUT2D eigenvalue weighted by Gasteiger charge is 2.13. The molecule has 0 fully saturated rings. The summed E-state index contributed by atoms with van der Waals surface area (Å²) in [6.45, 7) is 1.92. The Morgan fingerprint density at radius 3 is 2.68 bits per heavy atom. The third-order valence-electron chi connectivity index (χ3n) is 3.54. The lowest BCUT2D eigenvalue weighted by Gasteiger charge is -2.04. The van der Waals surface area contributed by atoms with Gasteiger partial charge in [-0.2, -0.15) is 5.10 Å². The topological polar surface area (TPSA) is 68.0 Å². The van der Waals surface area contributed by atoms with Crippen LogP contribution in [0, 0.1) is 6.92 Å². The number of benzene rings is 1. The SMILES string of the molecule is Cc1nn(-c2ccccc2)cc1Cc1cnccc1C(=O)O. The molecule has 0 spiro atoms. The van der Waals surface area contributed by atoms with Crippen molar-refractivity contribution < 1.29 is 9.90 Å². The van der Waals surface area contributed by atoms with Crippen LogP contribution in [0.4, 0.5) is 0 Å². The van der Waals surface area contributed by atoms with E-state index in [1.54, 1.807) is 6.20 Å². The Morgan fingerprint density at radius 2 is 1.95 bits per heavy atom. The minimum atomic E-state index is -0.939. The third kappa shape index (κ3) is 2.74. The summed E-state index contributed by atoms with van der Waals surface area (Å²) in [5.41, 5.74) is 3.80. The summed E-state index contributed by atoms with van der Waals surface area (Å²) in [5.74, 6) is -0.939. The smallest absolute Gasteiger partial charge is 0.336 e. The molecule has 0 unspecified atom stereocenters. The van der Waals surface area contributed by atoms with Crippen molar-refractivity contribution in [2.45, 2.75) is 13.3 Å². The fraction of sp³-hybridized carbons (Fsp3) is 0.118. The Balaban J connectivity index is 1.94. The van der Waals surface area contributed by atoms with Gasteiger partial charge in [0.15, 0.2) is 0 Å². The monoisotopic (exact) mass is 293 g/mol. The number of aryl methyl sites for hydroxylation is 1. The second-order valence-corrected chi connectivity index (χ2v) is 5.03. The summed E-state index contributed by atoms with van der Waals surface area (Å²) in [6.07, 6.45) is 5.52. The number of carboxylic acid groups (broad SMARTS) is 1. The zero-order valence-electron chi connectivity index (χ0n) is 12.1. The molecule has 1 aromatic carbocycles. The highest BCUT2D eigenvalue weighted by Crippen LogP contribution is 2.18. The quantitative estimate of drug-likeness (QED) is 0.803. The maximum Gasteiger partial charge on any atom is 0.336 e. The van der Waals surface area contributed by atoms with Crippen LogP contribution in [0.15, 0.2) is 55.0 Å². The molecule has 22 heavy (non-hydrogen) atoms. The Hall–Kier alpha value is -2.95. The van der Waals surface area contributed by atoms with Crippen molar-refractivity contribution in [3.05, 3.63) is 77.4 Å². The molecule has 110 valence electrons. The van der Waals surface area contributed by atoms with E-state index in [4.69, 9.17) is 0 Å². The second kappa shape index (κ2) is 5.81. The van der Waals surface area contributed by atoms with Crippen molar-refractivity contribution in [1.29, 1.82) is 0 Å². The van der Waals surface area contributed by atoms with Crippen molar-refractivity contribution in [2.24, 2.45) is 0 Å². The van der Waals surface area contributed by atoms with E-state index in [0.717, 1.165) is 16.9 Å². The predicted octanol–water partition coefficient (Wildman–Crippen LogP) is 2.86. The summed E-state index contributed by atoms with van der Waals surface area (Å²) in [6, 6.07) is 11.3. The van der Waals surface area contributed by atoms with Crippen molar-refractivity contribution in [1.82, 2.24) is 14.8 Å². The largest absolute Gasteiger partial charge is 0.478 e. The highest BCUT2D eigenvalue weighted by molar-refractivity contribution is 5.89. The van der Waals surface area contributed by atoms with E-state index < -0.39 is 5.97 Å². The molecule has 5 nitrogen and oxygen atoms in total. The van der Waals surface area contributed by atoms with Crippen LogP contribution in [-0.4, -0.2) is 25.8 Å². The van der Waals surface area contributed by atoms with Gasteiger partial charge in [-0.05, 0) is 36.2 Å². The zero-order valence-corrected chi connectivity index (χ0v) is 12.1. The number of aromatic nitrogens is 3. The van der Waals surface area contributed by atoms with Crippen LogP contribution in [0.25, 0.3) is 5.69 Å². The lowest BCUT2D eigenvalue weighted by molar-refractivity contribution is 0.0695. The number of pyridine rings is 1. The highest BCUT2D eigenvalue weighted by atomic mass is 16.4. The molecule has 2 aromatic heterocycles. The standard InChI is InChI=1S/C17H15N3O2/c1-12-14(9-13-10-18-8-7-16(13)17(21)22)11-20(19-12)15-5-3-2-4-6-15/h2-8,10-11H,9H2,1H3,(H,21,22). The van der Waals surface area contributed by atoms with Crippen LogP contribution in [0.2, 0.25) is 0 Å². The molecule has 0 aliphatic rings. The van der Waals surface area contributed by atoms with E-state index in [9.17, 15) is 9.90 Å². The van der Waals surface area contributed by atoms with E-state index in [0.29, 0.717) is 12.0 Å². The van der Waals surface area contributed by atoms with Gasteiger partial charge < -0.3 is 5.11 Å². The van der Waals surface area contributed by atoms with Crippen LogP contribution < -0.4 is 0 Å². The van der Waals surface area contributed by atoms with Gasteiger partial charge in [-0.15, -0.1) is 0 Å². The van der Waals surface area contributed by atoms with E-state index in [2.05, 4.69) is 10.1 Å². The van der Waals surface area contributed by atoms with Crippen molar-refractivity contribution in [2.75, 3.05) is 0 Å². The average Bonchev–Trinajstić information content (AvgIpc) is 2.90. The average molecular weight is 293 g/mol. The number of rotatable bonds is 4. The van der Waals surface area contributed by atoms with Gasteiger partial charge in [-0.25, -0.2) is 9.48 Å².